The third-order valence-electron chi connectivity index (χ3n) is 13.8. The van der Waals surface area contributed by atoms with Gasteiger partial charge < -0.3 is 14.6 Å². The fraction of sp³-hybridized carbons (Fsp3) is 0.914. The van der Waals surface area contributed by atoms with E-state index in [0.29, 0.717) is 32.1 Å². The number of esters is 2. The average molecular weight is 635 g/mol. The van der Waals surface area contributed by atoms with Gasteiger partial charge in [0.2, 0.25) is 11.6 Å². The topological polar surface area (TPSA) is 127 Å². The molecule has 0 amide bonds. The van der Waals surface area contributed by atoms with Gasteiger partial charge in [0.05, 0.1) is 0 Å². The van der Waals surface area contributed by atoms with E-state index in [1.54, 1.807) is 0 Å². The van der Waals surface area contributed by atoms with E-state index in [4.69, 9.17) is 29.0 Å². The molecule has 6 aliphatic rings. The maximum Gasteiger partial charge on any atom is 0.303 e. The van der Waals surface area contributed by atoms with E-state index in [1.807, 2.05) is 0 Å². The van der Waals surface area contributed by atoms with Crippen molar-refractivity contribution < 1.29 is 48.5 Å². The normalized spacial score (nSPS) is 48.1. The Labute approximate surface area is 267 Å². The molecule has 0 aromatic rings. The van der Waals surface area contributed by atoms with Gasteiger partial charge in [-0.25, -0.2) is 0 Å². The van der Waals surface area contributed by atoms with Gasteiger partial charge in [-0.05, 0) is 86.4 Å². The van der Waals surface area contributed by atoms with E-state index in [1.165, 1.54) is 13.8 Å². The van der Waals surface area contributed by atoms with Crippen LogP contribution in [0, 0.1) is 52.3 Å². The number of rotatable bonds is 6. The number of aliphatic carboxylic acids is 1. The number of carbonyl (C=O) groups excluding carboxylic acids is 2. The summed E-state index contributed by atoms with van der Waals surface area (Å²) in [6.45, 7) is 11.8. The highest BCUT2D eigenvalue weighted by Gasteiger charge is 2.69. The molecule has 0 bridgehead atoms. The van der Waals surface area contributed by atoms with Crippen molar-refractivity contribution in [3.8, 4) is 0 Å². The van der Waals surface area contributed by atoms with Gasteiger partial charge in [-0.1, -0.05) is 34.1 Å². The van der Waals surface area contributed by atoms with Crippen LogP contribution in [0.1, 0.15) is 125 Å². The van der Waals surface area contributed by atoms with E-state index in [2.05, 4.69) is 27.7 Å². The van der Waals surface area contributed by atoms with Crippen molar-refractivity contribution in [2.45, 2.75) is 149 Å². The molecule has 1 saturated heterocycles. The lowest BCUT2D eigenvalue weighted by Gasteiger charge is -2.65. The second kappa shape index (κ2) is 12.0. The predicted molar refractivity (Wildman–Crippen MR) is 161 cm³/mol. The molecule has 6 fully saturated rings. The number of carboxylic acids is 1. The average Bonchev–Trinajstić information content (AvgIpc) is 3.34. The minimum Gasteiger partial charge on any atom is -0.481 e. The summed E-state index contributed by atoms with van der Waals surface area (Å²) in [5.74, 6) is -2.16. The lowest BCUT2D eigenvalue weighted by atomic mass is 9.42. The predicted octanol–water partition coefficient (Wildman–Crippen LogP) is 6.74. The van der Waals surface area contributed by atoms with Crippen molar-refractivity contribution in [2.75, 3.05) is 0 Å². The third-order valence-corrected chi connectivity index (χ3v) is 13.8. The molecule has 11 atom stereocenters. The Balaban J connectivity index is 1.29. The van der Waals surface area contributed by atoms with Crippen molar-refractivity contribution in [1.29, 1.82) is 0 Å². The molecule has 5 aliphatic carbocycles. The molecule has 1 heterocycles. The minimum absolute atomic E-state index is 0.107. The number of ether oxygens (including phenoxy) is 2. The summed E-state index contributed by atoms with van der Waals surface area (Å²) in [7, 11) is 0. The van der Waals surface area contributed by atoms with Crippen LogP contribution >= 0.6 is 0 Å². The molecule has 1 N–H and O–H groups in total. The van der Waals surface area contributed by atoms with E-state index in [-0.39, 0.29) is 82.8 Å². The van der Waals surface area contributed by atoms with Gasteiger partial charge in [-0.2, -0.15) is 19.6 Å². The minimum atomic E-state index is -1.02. The molecule has 2 spiro atoms. The summed E-state index contributed by atoms with van der Waals surface area (Å²) in [6.07, 6.45) is 9.24. The van der Waals surface area contributed by atoms with Crippen molar-refractivity contribution in [2.24, 2.45) is 52.3 Å². The fourth-order valence-electron chi connectivity index (χ4n) is 11.3. The highest BCUT2D eigenvalue weighted by Crippen LogP contribution is 2.70. The van der Waals surface area contributed by atoms with Crippen LogP contribution in [0.4, 0.5) is 0 Å². The summed E-state index contributed by atoms with van der Waals surface area (Å²) in [5, 5.41) is 9.40. The summed E-state index contributed by atoms with van der Waals surface area (Å²) in [4.78, 5) is 61.2. The van der Waals surface area contributed by atoms with Gasteiger partial charge in [0, 0.05) is 56.8 Å². The second-order valence-electron chi connectivity index (χ2n) is 16.1. The Bertz CT molecular complexity index is 1150. The first-order chi connectivity index (χ1) is 21.2. The molecule has 5 saturated carbocycles. The van der Waals surface area contributed by atoms with Crippen molar-refractivity contribution in [3.63, 3.8) is 0 Å². The first-order valence-corrected chi connectivity index (χ1v) is 17.5. The molecule has 0 radical (unpaired) electrons. The lowest BCUT2D eigenvalue weighted by Crippen LogP contribution is -2.65. The quantitative estimate of drug-likeness (QED) is 0.248. The Hall–Kier alpha value is -1.75. The van der Waals surface area contributed by atoms with Crippen LogP contribution in [-0.4, -0.2) is 46.8 Å². The van der Waals surface area contributed by atoms with Gasteiger partial charge in [-0.3, -0.25) is 14.4 Å². The molecule has 6 rings (SSSR count). The maximum absolute atomic E-state index is 12.6. The lowest BCUT2D eigenvalue weighted by molar-refractivity contribution is -0.671. The molecular formula is C35H54O10. The highest BCUT2D eigenvalue weighted by atomic mass is 17.4. The van der Waals surface area contributed by atoms with E-state index < -0.39 is 17.5 Å². The third kappa shape index (κ3) is 5.63. The molecule has 5 unspecified atom stereocenters. The van der Waals surface area contributed by atoms with Gasteiger partial charge in [0.15, 0.2) is 0 Å². The van der Waals surface area contributed by atoms with E-state index >= 15 is 0 Å². The van der Waals surface area contributed by atoms with Crippen molar-refractivity contribution in [1.82, 2.24) is 0 Å². The Morgan fingerprint density at radius 2 is 1.60 bits per heavy atom. The Kier molecular flexibility index (Phi) is 8.88. The van der Waals surface area contributed by atoms with Crippen LogP contribution in [0.3, 0.4) is 0 Å². The summed E-state index contributed by atoms with van der Waals surface area (Å²) < 4.78 is 12.4. The standard InChI is InChI=1S/C35H54O10/c1-20(10-13-30(38)39)25-11-12-26-31-27(18-29(33(25,26)6)41-23(4)37)32(5)15-16-34(19-24(32)17-28(31)40-22(3)36)42-44-35(45-43-34)14-8-7-9-21(35)2/h20-21,24-29,31H,7-19H2,1-6H3,(H,38,39)/t20?,21?,24-,25-,26?,27?,28-,29+,31?,32+,33-,34?,35?/m1/s1. The van der Waals surface area contributed by atoms with Gasteiger partial charge in [0.1, 0.15) is 12.2 Å². The summed E-state index contributed by atoms with van der Waals surface area (Å²) in [6, 6.07) is 0. The SMILES string of the molecule is CC(=O)O[C@H]1CC2C(C3CC[C@H](C(C)CCC(=O)O)[C@]31C)[C@H](OC(C)=O)C[C@@H]1CC3(CC[C@]21C)OOC1(CCCCC1C)OO3. The zero-order valence-corrected chi connectivity index (χ0v) is 28.0. The van der Waals surface area contributed by atoms with E-state index in [9.17, 15) is 19.5 Å². The molecule has 1 aliphatic heterocycles. The zero-order valence-electron chi connectivity index (χ0n) is 28.0. The van der Waals surface area contributed by atoms with Crippen LogP contribution in [0.15, 0.2) is 0 Å². The number of hydrogen-bond donors (Lipinski definition) is 1. The molecule has 10 nitrogen and oxygen atoms in total. The molecule has 254 valence electrons. The fourth-order valence-corrected chi connectivity index (χ4v) is 11.3. The summed E-state index contributed by atoms with van der Waals surface area (Å²) >= 11 is 0. The Morgan fingerprint density at radius 1 is 0.889 bits per heavy atom. The smallest absolute Gasteiger partial charge is 0.303 e. The first-order valence-electron chi connectivity index (χ1n) is 17.5. The van der Waals surface area contributed by atoms with Crippen molar-refractivity contribution in [3.05, 3.63) is 0 Å². The molecule has 45 heavy (non-hydrogen) atoms. The second-order valence-corrected chi connectivity index (χ2v) is 16.1. The monoisotopic (exact) mass is 634 g/mol. The number of carboxylic acid groups (broad SMARTS) is 1. The first kappa shape index (κ1) is 33.2. The van der Waals surface area contributed by atoms with E-state index in [0.717, 1.165) is 44.9 Å². The Morgan fingerprint density at radius 3 is 2.24 bits per heavy atom. The highest BCUT2D eigenvalue weighted by molar-refractivity contribution is 5.67. The molecule has 0 aromatic carbocycles. The van der Waals surface area contributed by atoms with Crippen LogP contribution in [0.25, 0.3) is 0 Å². The van der Waals surface area contributed by atoms with Crippen LogP contribution in [-0.2, 0) is 43.4 Å². The van der Waals surface area contributed by atoms with Crippen LogP contribution < -0.4 is 0 Å². The van der Waals surface area contributed by atoms with Crippen LogP contribution in [0.2, 0.25) is 0 Å². The number of carbonyl (C=O) groups is 3. The van der Waals surface area contributed by atoms with Gasteiger partial charge >= 0.3 is 17.9 Å². The maximum atomic E-state index is 12.6. The van der Waals surface area contributed by atoms with Gasteiger partial charge in [-0.15, -0.1) is 0 Å². The molecule has 10 heteroatoms. The summed E-state index contributed by atoms with van der Waals surface area (Å²) in [5.41, 5.74) is -0.468. The number of fused-ring (bicyclic) bond motifs is 5. The van der Waals surface area contributed by atoms with Gasteiger partial charge in [0.25, 0.3) is 0 Å². The molecular weight excluding hydrogens is 580 g/mol. The zero-order chi connectivity index (χ0) is 32.4. The van der Waals surface area contributed by atoms with Crippen molar-refractivity contribution >= 4 is 17.9 Å². The largest absolute Gasteiger partial charge is 0.481 e. The van der Waals surface area contributed by atoms with Crippen LogP contribution in [0.5, 0.6) is 0 Å². The molecule has 0 aromatic heterocycles. The number of hydrogen-bond acceptors (Lipinski definition) is 9.